The number of carbonyl (C=O) groups is 1. The summed E-state index contributed by atoms with van der Waals surface area (Å²) in [5.41, 5.74) is 2.39. The van der Waals surface area contributed by atoms with Crippen LogP contribution in [0.4, 0.5) is 0 Å². The fourth-order valence-electron chi connectivity index (χ4n) is 2.65. The van der Waals surface area contributed by atoms with Crippen molar-refractivity contribution >= 4 is 16.9 Å². The van der Waals surface area contributed by atoms with Crippen LogP contribution in [0, 0.1) is 0 Å². The lowest BCUT2D eigenvalue weighted by Gasteiger charge is -2.17. The van der Waals surface area contributed by atoms with Gasteiger partial charge in [0.25, 0.3) is 5.91 Å². The van der Waals surface area contributed by atoms with Gasteiger partial charge in [0.05, 0.1) is 24.2 Å². The van der Waals surface area contributed by atoms with E-state index < -0.39 is 0 Å². The maximum atomic E-state index is 12.5. The molecule has 2 heterocycles. The number of ether oxygens (including phenoxy) is 1. The van der Waals surface area contributed by atoms with E-state index in [1.165, 1.54) is 0 Å². The molecule has 0 aliphatic heterocycles. The van der Waals surface area contributed by atoms with Gasteiger partial charge in [-0.05, 0) is 24.3 Å². The lowest BCUT2D eigenvalue weighted by molar-refractivity contribution is 0.0773. The number of imidazole rings is 1. The van der Waals surface area contributed by atoms with Crippen molar-refractivity contribution in [2.75, 3.05) is 20.8 Å². The molecule has 6 nitrogen and oxygen atoms in total. The highest BCUT2D eigenvalue weighted by atomic mass is 16.5. The predicted octanol–water partition coefficient (Wildman–Crippen LogP) is 2.35. The highest BCUT2D eigenvalue weighted by Crippen LogP contribution is 2.17. The predicted molar refractivity (Wildman–Crippen MR) is 91.6 cm³/mol. The fraction of sp³-hybridized carbons (Fsp3) is 0.278. The largest absolute Gasteiger partial charge is 0.383 e. The monoisotopic (exact) mass is 324 g/mol. The average Bonchev–Trinajstić information content (AvgIpc) is 2.97. The minimum atomic E-state index is -0.124. The number of hydrogen-bond donors (Lipinski definition) is 0. The Morgan fingerprint density at radius 3 is 2.75 bits per heavy atom. The van der Waals surface area contributed by atoms with Crippen LogP contribution in [0.3, 0.4) is 0 Å². The van der Waals surface area contributed by atoms with Gasteiger partial charge in [0.1, 0.15) is 11.5 Å². The normalized spacial score (nSPS) is 10.9. The Balaban J connectivity index is 1.87. The lowest BCUT2D eigenvalue weighted by Crippen LogP contribution is -2.28. The summed E-state index contributed by atoms with van der Waals surface area (Å²) in [4.78, 5) is 22.9. The molecule has 0 aliphatic rings. The Morgan fingerprint density at radius 2 is 2.00 bits per heavy atom. The quantitative estimate of drug-likeness (QED) is 0.698. The standard InChI is InChI=1S/C18H20N4O2/c1-21(18(23)15-8-5-6-10-19-15)13-17-20-14-7-3-4-9-16(14)22(17)11-12-24-2/h3-10H,11-13H2,1-2H3. The van der Waals surface area contributed by atoms with Crippen molar-refractivity contribution in [1.82, 2.24) is 19.4 Å². The number of methoxy groups -OCH3 is 1. The van der Waals surface area contributed by atoms with Gasteiger partial charge in [-0.15, -0.1) is 0 Å². The number of aromatic nitrogens is 3. The zero-order valence-corrected chi connectivity index (χ0v) is 13.8. The van der Waals surface area contributed by atoms with Crippen LogP contribution in [0.25, 0.3) is 11.0 Å². The summed E-state index contributed by atoms with van der Waals surface area (Å²) in [6, 6.07) is 13.3. The molecule has 2 aromatic heterocycles. The van der Waals surface area contributed by atoms with Crippen LogP contribution in [0.2, 0.25) is 0 Å². The van der Waals surface area contributed by atoms with Crippen LogP contribution >= 0.6 is 0 Å². The van der Waals surface area contributed by atoms with Crippen LogP contribution in [-0.2, 0) is 17.8 Å². The second-order valence-corrected chi connectivity index (χ2v) is 5.54. The van der Waals surface area contributed by atoms with E-state index in [2.05, 4.69) is 14.5 Å². The molecule has 1 aromatic carbocycles. The van der Waals surface area contributed by atoms with Gasteiger partial charge in [-0.1, -0.05) is 18.2 Å². The molecule has 3 rings (SSSR count). The van der Waals surface area contributed by atoms with Gasteiger partial charge < -0.3 is 14.2 Å². The minimum absolute atomic E-state index is 0.124. The van der Waals surface area contributed by atoms with Gasteiger partial charge in [0.15, 0.2) is 0 Å². The lowest BCUT2D eigenvalue weighted by atomic mass is 10.3. The second-order valence-electron chi connectivity index (χ2n) is 5.54. The molecule has 1 amide bonds. The molecule has 0 atom stereocenters. The molecular formula is C18H20N4O2. The van der Waals surface area contributed by atoms with Crippen LogP contribution in [0.5, 0.6) is 0 Å². The van der Waals surface area contributed by atoms with E-state index in [1.54, 1.807) is 37.4 Å². The third-order valence-corrected chi connectivity index (χ3v) is 3.86. The highest BCUT2D eigenvalue weighted by Gasteiger charge is 2.17. The number of hydrogen-bond acceptors (Lipinski definition) is 4. The Morgan fingerprint density at radius 1 is 1.21 bits per heavy atom. The van der Waals surface area contributed by atoms with E-state index in [9.17, 15) is 4.79 Å². The number of fused-ring (bicyclic) bond motifs is 1. The summed E-state index contributed by atoms with van der Waals surface area (Å²) >= 11 is 0. The molecule has 0 spiro atoms. The molecule has 124 valence electrons. The van der Waals surface area contributed by atoms with Crippen molar-refractivity contribution in [2.45, 2.75) is 13.1 Å². The van der Waals surface area contributed by atoms with Gasteiger partial charge >= 0.3 is 0 Å². The van der Waals surface area contributed by atoms with E-state index in [-0.39, 0.29) is 5.91 Å². The molecule has 0 radical (unpaired) electrons. The molecule has 0 unspecified atom stereocenters. The van der Waals surface area contributed by atoms with Gasteiger partial charge in [-0.3, -0.25) is 9.78 Å². The Bertz CT molecular complexity index is 829. The number of rotatable bonds is 6. The van der Waals surface area contributed by atoms with Crippen molar-refractivity contribution in [3.63, 3.8) is 0 Å². The van der Waals surface area contributed by atoms with E-state index >= 15 is 0 Å². The smallest absolute Gasteiger partial charge is 0.272 e. The first-order chi connectivity index (χ1) is 11.7. The number of nitrogens with zero attached hydrogens (tertiary/aromatic N) is 4. The van der Waals surface area contributed by atoms with E-state index in [4.69, 9.17) is 4.74 Å². The topological polar surface area (TPSA) is 60.2 Å². The summed E-state index contributed by atoms with van der Waals surface area (Å²) in [6.07, 6.45) is 1.62. The van der Waals surface area contributed by atoms with Gasteiger partial charge in [-0.2, -0.15) is 0 Å². The Labute approximate surface area is 140 Å². The summed E-state index contributed by atoms with van der Waals surface area (Å²) in [7, 11) is 3.44. The number of pyridine rings is 1. The maximum Gasteiger partial charge on any atom is 0.272 e. The van der Waals surface area contributed by atoms with E-state index in [1.807, 2.05) is 30.3 Å². The fourth-order valence-corrected chi connectivity index (χ4v) is 2.65. The summed E-state index contributed by atoms with van der Waals surface area (Å²) in [5, 5.41) is 0. The number of benzene rings is 1. The third-order valence-electron chi connectivity index (χ3n) is 3.86. The van der Waals surface area contributed by atoms with Gasteiger partial charge in [-0.25, -0.2) is 4.98 Å². The zero-order chi connectivity index (χ0) is 16.9. The average molecular weight is 324 g/mol. The third kappa shape index (κ3) is 3.28. The molecule has 0 N–H and O–H groups in total. The number of para-hydroxylation sites is 2. The molecule has 24 heavy (non-hydrogen) atoms. The second kappa shape index (κ2) is 7.23. The van der Waals surface area contributed by atoms with Crippen LogP contribution in [0.15, 0.2) is 48.7 Å². The van der Waals surface area contributed by atoms with Gasteiger partial charge in [0, 0.05) is 26.9 Å². The van der Waals surface area contributed by atoms with Crippen molar-refractivity contribution in [3.8, 4) is 0 Å². The first-order valence-corrected chi connectivity index (χ1v) is 7.80. The summed E-state index contributed by atoms with van der Waals surface area (Å²) < 4.78 is 7.30. The molecule has 0 saturated carbocycles. The Kier molecular flexibility index (Phi) is 4.86. The van der Waals surface area contributed by atoms with Crippen LogP contribution < -0.4 is 0 Å². The van der Waals surface area contributed by atoms with Crippen molar-refractivity contribution in [3.05, 3.63) is 60.2 Å². The summed E-state index contributed by atoms with van der Waals surface area (Å²) in [5.74, 6) is 0.709. The molecular weight excluding hydrogens is 304 g/mol. The molecule has 0 saturated heterocycles. The Hall–Kier alpha value is -2.73. The van der Waals surface area contributed by atoms with Crippen molar-refractivity contribution in [2.24, 2.45) is 0 Å². The molecule has 3 aromatic rings. The molecule has 0 fully saturated rings. The van der Waals surface area contributed by atoms with Gasteiger partial charge in [0.2, 0.25) is 0 Å². The molecule has 0 bridgehead atoms. The van der Waals surface area contributed by atoms with E-state index in [0.717, 1.165) is 16.9 Å². The molecule has 0 aliphatic carbocycles. The first-order valence-electron chi connectivity index (χ1n) is 7.80. The number of amides is 1. The SMILES string of the molecule is COCCn1c(CN(C)C(=O)c2ccccn2)nc2ccccc21. The van der Waals surface area contributed by atoms with E-state index in [0.29, 0.717) is 25.4 Å². The van der Waals surface area contributed by atoms with Crippen LogP contribution in [0.1, 0.15) is 16.3 Å². The van der Waals surface area contributed by atoms with Crippen molar-refractivity contribution in [1.29, 1.82) is 0 Å². The summed E-state index contributed by atoms with van der Waals surface area (Å²) in [6.45, 7) is 1.69. The minimum Gasteiger partial charge on any atom is -0.383 e. The first kappa shape index (κ1) is 16.1. The van der Waals surface area contributed by atoms with Crippen molar-refractivity contribution < 1.29 is 9.53 Å². The number of carbonyl (C=O) groups excluding carboxylic acids is 1. The zero-order valence-electron chi connectivity index (χ0n) is 13.8. The molecule has 6 heteroatoms. The maximum absolute atomic E-state index is 12.5. The van der Waals surface area contributed by atoms with Crippen LogP contribution in [-0.4, -0.2) is 46.1 Å². The highest BCUT2D eigenvalue weighted by molar-refractivity contribution is 5.92.